The Balaban J connectivity index is 1.48. The second-order valence-corrected chi connectivity index (χ2v) is 8.55. The lowest BCUT2D eigenvalue weighted by Gasteiger charge is -2.27. The van der Waals surface area contributed by atoms with Crippen LogP contribution in [0.4, 0.5) is 0 Å². The van der Waals surface area contributed by atoms with Crippen LogP contribution in [0.5, 0.6) is 17.4 Å². The largest absolute Gasteiger partial charge is 0.490 e. The van der Waals surface area contributed by atoms with Crippen LogP contribution in [-0.4, -0.2) is 61.2 Å². The number of aromatic amines is 1. The zero-order valence-corrected chi connectivity index (χ0v) is 20.2. The Morgan fingerprint density at radius 3 is 2.69 bits per heavy atom. The highest BCUT2D eigenvalue weighted by Gasteiger charge is 2.36. The number of morpholine rings is 1. The fraction of sp³-hybridized carbons (Fsp3) is 0.333. The second-order valence-electron chi connectivity index (χ2n) is 8.55. The Kier molecular flexibility index (Phi) is 7.07. The molecule has 0 spiro atoms. The van der Waals surface area contributed by atoms with E-state index in [2.05, 4.69) is 21.2 Å². The standard InChI is InChI=1S/C27H29N5O4/c1-2-34-22-16-19(8-9-21(22)35-15-12-32-10-13-33-14-11-32)23-20(17-28)26(29)36-27-24(23)25(30-31-27)18-6-4-3-5-7-18/h3-9,16,23H,2,10-15,29H2,1H3,(H,30,31). The Hall–Kier alpha value is -4.00. The molecule has 1 unspecified atom stereocenters. The lowest BCUT2D eigenvalue weighted by molar-refractivity contribution is 0.0321. The van der Waals surface area contributed by atoms with Crippen molar-refractivity contribution in [3.8, 4) is 34.7 Å². The molecule has 0 radical (unpaired) electrons. The molecule has 9 nitrogen and oxygen atoms in total. The molecule has 1 fully saturated rings. The van der Waals surface area contributed by atoms with E-state index in [0.717, 1.165) is 55.2 Å². The lowest BCUT2D eigenvalue weighted by atomic mass is 9.83. The number of allylic oxidation sites excluding steroid dienone is 1. The highest BCUT2D eigenvalue weighted by atomic mass is 16.5. The molecule has 2 aliphatic rings. The van der Waals surface area contributed by atoms with Gasteiger partial charge in [-0.3, -0.25) is 10.00 Å². The summed E-state index contributed by atoms with van der Waals surface area (Å²) in [7, 11) is 0. The molecule has 1 aromatic heterocycles. The molecule has 5 rings (SSSR count). The molecule has 2 aromatic carbocycles. The van der Waals surface area contributed by atoms with E-state index in [-0.39, 0.29) is 5.88 Å². The summed E-state index contributed by atoms with van der Waals surface area (Å²) in [5.74, 6) is 1.20. The van der Waals surface area contributed by atoms with Gasteiger partial charge in [-0.15, -0.1) is 5.10 Å². The summed E-state index contributed by atoms with van der Waals surface area (Å²) in [5, 5.41) is 17.4. The molecule has 3 N–H and O–H groups in total. The number of aromatic nitrogens is 2. The SMILES string of the molecule is CCOc1cc(C2C(C#N)=C(N)Oc3n[nH]c(-c4ccccc4)c32)ccc1OCCN1CCOCC1. The van der Waals surface area contributed by atoms with E-state index < -0.39 is 5.92 Å². The van der Waals surface area contributed by atoms with Crippen LogP contribution >= 0.6 is 0 Å². The maximum Gasteiger partial charge on any atom is 0.244 e. The summed E-state index contributed by atoms with van der Waals surface area (Å²) in [6, 6.07) is 17.8. The zero-order chi connectivity index (χ0) is 24.9. The van der Waals surface area contributed by atoms with Gasteiger partial charge in [-0.2, -0.15) is 5.26 Å². The normalized spacial score (nSPS) is 17.7. The van der Waals surface area contributed by atoms with Gasteiger partial charge in [-0.05, 0) is 30.2 Å². The van der Waals surface area contributed by atoms with Crippen molar-refractivity contribution in [2.45, 2.75) is 12.8 Å². The van der Waals surface area contributed by atoms with Crippen molar-refractivity contribution in [2.24, 2.45) is 5.73 Å². The van der Waals surface area contributed by atoms with E-state index in [0.29, 0.717) is 36.2 Å². The van der Waals surface area contributed by atoms with Gasteiger partial charge in [0.1, 0.15) is 18.2 Å². The Labute approximate surface area is 210 Å². The van der Waals surface area contributed by atoms with E-state index in [1.54, 1.807) is 0 Å². The molecule has 1 saturated heterocycles. The maximum absolute atomic E-state index is 10.0. The first kappa shape index (κ1) is 23.7. The molecular weight excluding hydrogens is 458 g/mol. The van der Waals surface area contributed by atoms with Gasteiger partial charge < -0.3 is 24.7 Å². The summed E-state index contributed by atoms with van der Waals surface area (Å²) in [6.45, 7) is 7.08. The predicted octanol–water partition coefficient (Wildman–Crippen LogP) is 3.40. The minimum absolute atomic E-state index is 0.0462. The molecule has 9 heteroatoms. The first-order valence-electron chi connectivity index (χ1n) is 12.1. The topological polar surface area (TPSA) is 119 Å². The monoisotopic (exact) mass is 487 g/mol. The summed E-state index contributed by atoms with van der Waals surface area (Å²) >= 11 is 0. The van der Waals surface area contributed by atoms with Gasteiger partial charge >= 0.3 is 0 Å². The van der Waals surface area contributed by atoms with Crippen LogP contribution in [0.15, 0.2) is 60.0 Å². The zero-order valence-electron chi connectivity index (χ0n) is 20.2. The van der Waals surface area contributed by atoms with Crippen LogP contribution < -0.4 is 19.9 Å². The van der Waals surface area contributed by atoms with Crippen LogP contribution in [-0.2, 0) is 4.74 Å². The third-order valence-electron chi connectivity index (χ3n) is 6.37. The number of nitrogens with one attached hydrogen (secondary N) is 1. The average molecular weight is 488 g/mol. The Bertz CT molecular complexity index is 1280. The van der Waals surface area contributed by atoms with Gasteiger partial charge in [0.15, 0.2) is 11.5 Å². The first-order valence-corrected chi connectivity index (χ1v) is 12.1. The number of hydrogen-bond donors (Lipinski definition) is 2. The minimum atomic E-state index is -0.477. The fourth-order valence-corrected chi connectivity index (χ4v) is 4.60. The predicted molar refractivity (Wildman–Crippen MR) is 134 cm³/mol. The van der Waals surface area contributed by atoms with Crippen LogP contribution in [0.25, 0.3) is 11.3 Å². The molecule has 3 aromatic rings. The number of hydrogen-bond acceptors (Lipinski definition) is 8. The van der Waals surface area contributed by atoms with Gasteiger partial charge in [-0.1, -0.05) is 36.4 Å². The van der Waals surface area contributed by atoms with Crippen molar-refractivity contribution in [3.05, 3.63) is 71.1 Å². The van der Waals surface area contributed by atoms with E-state index in [1.165, 1.54) is 0 Å². The van der Waals surface area contributed by atoms with E-state index in [4.69, 9.17) is 24.7 Å². The van der Waals surface area contributed by atoms with Crippen molar-refractivity contribution >= 4 is 0 Å². The van der Waals surface area contributed by atoms with Crippen molar-refractivity contribution in [3.63, 3.8) is 0 Å². The van der Waals surface area contributed by atoms with Crippen molar-refractivity contribution in [1.29, 1.82) is 5.26 Å². The molecule has 1 atom stereocenters. The average Bonchev–Trinajstić information content (AvgIpc) is 3.33. The van der Waals surface area contributed by atoms with Gasteiger partial charge in [-0.25, -0.2) is 0 Å². The van der Waals surface area contributed by atoms with Crippen molar-refractivity contribution < 1.29 is 18.9 Å². The van der Waals surface area contributed by atoms with Crippen molar-refractivity contribution in [1.82, 2.24) is 15.1 Å². The summed E-state index contributed by atoms with van der Waals surface area (Å²) in [4.78, 5) is 2.32. The quantitative estimate of drug-likeness (QED) is 0.496. The lowest BCUT2D eigenvalue weighted by Crippen LogP contribution is -2.38. The number of nitrogens with two attached hydrogens (primary N) is 1. The molecule has 186 valence electrons. The van der Waals surface area contributed by atoms with Crippen LogP contribution in [0.2, 0.25) is 0 Å². The number of nitriles is 1. The van der Waals surface area contributed by atoms with Gasteiger partial charge in [0.2, 0.25) is 11.8 Å². The molecule has 0 amide bonds. The highest BCUT2D eigenvalue weighted by molar-refractivity contribution is 5.71. The number of rotatable bonds is 8. The van der Waals surface area contributed by atoms with Crippen molar-refractivity contribution in [2.75, 3.05) is 46.1 Å². The van der Waals surface area contributed by atoms with E-state index in [9.17, 15) is 5.26 Å². The maximum atomic E-state index is 10.0. The number of benzene rings is 2. The van der Waals surface area contributed by atoms with Gasteiger partial charge in [0.05, 0.1) is 37.0 Å². The molecule has 0 aliphatic carbocycles. The Morgan fingerprint density at radius 1 is 1.14 bits per heavy atom. The van der Waals surface area contributed by atoms with Gasteiger partial charge in [0, 0.05) is 19.6 Å². The highest BCUT2D eigenvalue weighted by Crippen LogP contribution is 2.47. The van der Waals surface area contributed by atoms with Crippen LogP contribution in [0.3, 0.4) is 0 Å². The molecule has 36 heavy (non-hydrogen) atoms. The van der Waals surface area contributed by atoms with Crippen LogP contribution in [0.1, 0.15) is 24.0 Å². The summed E-state index contributed by atoms with van der Waals surface area (Å²) in [6.07, 6.45) is 0. The molecule has 0 saturated carbocycles. The fourth-order valence-electron chi connectivity index (χ4n) is 4.60. The number of nitrogens with zero attached hydrogens (tertiary/aromatic N) is 3. The Morgan fingerprint density at radius 2 is 1.94 bits per heavy atom. The van der Waals surface area contributed by atoms with Crippen LogP contribution in [0, 0.1) is 11.3 Å². The molecule has 2 aliphatic heterocycles. The van der Waals surface area contributed by atoms with E-state index in [1.807, 2.05) is 55.5 Å². The minimum Gasteiger partial charge on any atom is -0.490 e. The summed E-state index contributed by atoms with van der Waals surface area (Å²) < 4.78 is 23.2. The third kappa shape index (κ3) is 4.73. The third-order valence-corrected chi connectivity index (χ3v) is 6.37. The number of fused-ring (bicyclic) bond motifs is 1. The van der Waals surface area contributed by atoms with E-state index >= 15 is 0 Å². The number of ether oxygens (including phenoxy) is 4. The molecule has 3 heterocycles. The smallest absolute Gasteiger partial charge is 0.244 e. The van der Waals surface area contributed by atoms with Gasteiger partial charge in [0.25, 0.3) is 0 Å². The second kappa shape index (κ2) is 10.7. The summed E-state index contributed by atoms with van der Waals surface area (Å²) in [5.41, 5.74) is 9.79. The number of H-pyrrole nitrogens is 1. The first-order chi connectivity index (χ1) is 17.7. The molecular formula is C27H29N5O4. The molecule has 0 bridgehead atoms.